The fraction of sp³-hybridized carbons (Fsp3) is 0.286. The van der Waals surface area contributed by atoms with Gasteiger partial charge < -0.3 is 9.67 Å². The van der Waals surface area contributed by atoms with Gasteiger partial charge in [0.2, 0.25) is 0 Å². The Balaban J connectivity index is 2.17. The monoisotopic (exact) mass is 260 g/mol. The minimum absolute atomic E-state index is 0.0363. The van der Waals surface area contributed by atoms with Gasteiger partial charge in [0.25, 0.3) is 0 Å². The Hall–Kier alpha value is -2.17. The van der Waals surface area contributed by atoms with Gasteiger partial charge in [-0.15, -0.1) is 0 Å². The SMILES string of the molecule is O=C(O)c1cc(F)ccc1-n1cnc2c1CCCC2. The van der Waals surface area contributed by atoms with Crippen molar-refractivity contribution >= 4 is 5.97 Å². The summed E-state index contributed by atoms with van der Waals surface area (Å²) in [5.74, 6) is -1.68. The van der Waals surface area contributed by atoms with Crippen LogP contribution >= 0.6 is 0 Å². The van der Waals surface area contributed by atoms with Gasteiger partial charge in [0, 0.05) is 5.69 Å². The van der Waals surface area contributed by atoms with E-state index in [4.69, 9.17) is 0 Å². The number of aryl methyl sites for hydroxylation is 1. The fourth-order valence-electron chi connectivity index (χ4n) is 2.57. The van der Waals surface area contributed by atoms with Gasteiger partial charge in [0.1, 0.15) is 5.82 Å². The van der Waals surface area contributed by atoms with Crippen molar-refractivity contribution in [1.82, 2.24) is 9.55 Å². The van der Waals surface area contributed by atoms with Crippen LogP contribution in [0.4, 0.5) is 4.39 Å². The molecule has 4 nitrogen and oxygen atoms in total. The Morgan fingerprint density at radius 2 is 2.11 bits per heavy atom. The predicted octanol–water partition coefficient (Wildman–Crippen LogP) is 2.59. The molecular formula is C14H13FN2O2. The van der Waals surface area contributed by atoms with E-state index in [0.717, 1.165) is 43.1 Å². The van der Waals surface area contributed by atoms with Crippen molar-refractivity contribution in [3.05, 3.63) is 47.3 Å². The molecule has 0 saturated heterocycles. The van der Waals surface area contributed by atoms with E-state index in [1.165, 1.54) is 12.1 Å². The van der Waals surface area contributed by atoms with Gasteiger partial charge >= 0.3 is 5.97 Å². The highest BCUT2D eigenvalue weighted by molar-refractivity contribution is 5.92. The zero-order valence-corrected chi connectivity index (χ0v) is 10.3. The molecule has 0 aliphatic heterocycles. The predicted molar refractivity (Wildman–Crippen MR) is 67.1 cm³/mol. The van der Waals surface area contributed by atoms with Crippen molar-refractivity contribution in [2.75, 3.05) is 0 Å². The number of carboxylic acids is 1. The number of benzene rings is 1. The molecule has 1 aromatic carbocycles. The van der Waals surface area contributed by atoms with E-state index in [1.807, 2.05) is 0 Å². The summed E-state index contributed by atoms with van der Waals surface area (Å²) >= 11 is 0. The van der Waals surface area contributed by atoms with Crippen LogP contribution in [0.5, 0.6) is 0 Å². The first-order valence-electron chi connectivity index (χ1n) is 6.25. The number of hydrogen-bond donors (Lipinski definition) is 1. The fourth-order valence-corrected chi connectivity index (χ4v) is 2.57. The van der Waals surface area contributed by atoms with Crippen molar-refractivity contribution in [3.63, 3.8) is 0 Å². The molecule has 19 heavy (non-hydrogen) atoms. The summed E-state index contributed by atoms with van der Waals surface area (Å²) in [6, 6.07) is 3.82. The zero-order valence-electron chi connectivity index (χ0n) is 10.3. The molecule has 98 valence electrons. The molecule has 5 heteroatoms. The number of aromatic nitrogens is 2. The highest BCUT2D eigenvalue weighted by atomic mass is 19.1. The minimum atomic E-state index is -1.13. The molecule has 1 heterocycles. The molecule has 0 amide bonds. The largest absolute Gasteiger partial charge is 0.478 e. The van der Waals surface area contributed by atoms with Gasteiger partial charge in [-0.1, -0.05) is 0 Å². The van der Waals surface area contributed by atoms with E-state index in [2.05, 4.69) is 4.98 Å². The molecule has 1 aliphatic rings. The molecule has 0 unspecified atom stereocenters. The first kappa shape index (κ1) is 11.9. The molecule has 0 saturated carbocycles. The number of halogens is 1. The van der Waals surface area contributed by atoms with Crippen LogP contribution in [-0.4, -0.2) is 20.6 Å². The third kappa shape index (κ3) is 2.01. The van der Waals surface area contributed by atoms with Crippen LogP contribution in [0.2, 0.25) is 0 Å². The van der Waals surface area contributed by atoms with Crippen molar-refractivity contribution in [3.8, 4) is 5.69 Å². The van der Waals surface area contributed by atoms with Crippen molar-refractivity contribution in [2.24, 2.45) is 0 Å². The summed E-state index contributed by atoms with van der Waals surface area (Å²) in [6.45, 7) is 0. The van der Waals surface area contributed by atoms with Crippen LogP contribution in [-0.2, 0) is 12.8 Å². The number of nitrogens with zero attached hydrogens (tertiary/aromatic N) is 2. The van der Waals surface area contributed by atoms with Gasteiger partial charge in [0.15, 0.2) is 0 Å². The summed E-state index contributed by atoms with van der Waals surface area (Å²) < 4.78 is 15.0. The Morgan fingerprint density at radius 3 is 2.89 bits per heavy atom. The first-order chi connectivity index (χ1) is 9.16. The van der Waals surface area contributed by atoms with E-state index in [1.54, 1.807) is 10.9 Å². The number of imidazole rings is 1. The van der Waals surface area contributed by atoms with Crippen molar-refractivity contribution in [2.45, 2.75) is 25.7 Å². The maximum atomic E-state index is 13.2. The van der Waals surface area contributed by atoms with E-state index < -0.39 is 11.8 Å². The molecule has 1 aromatic heterocycles. The number of carboxylic acid groups (broad SMARTS) is 1. The van der Waals surface area contributed by atoms with Crippen molar-refractivity contribution < 1.29 is 14.3 Å². The van der Waals surface area contributed by atoms with Gasteiger partial charge in [-0.2, -0.15) is 0 Å². The summed E-state index contributed by atoms with van der Waals surface area (Å²) in [6.07, 6.45) is 5.62. The maximum Gasteiger partial charge on any atom is 0.337 e. The molecule has 3 rings (SSSR count). The second kappa shape index (κ2) is 4.50. The van der Waals surface area contributed by atoms with Crippen molar-refractivity contribution in [1.29, 1.82) is 0 Å². The topological polar surface area (TPSA) is 55.1 Å². The van der Waals surface area contributed by atoms with E-state index in [9.17, 15) is 14.3 Å². The number of rotatable bonds is 2. The molecule has 2 aromatic rings. The quantitative estimate of drug-likeness (QED) is 0.903. The highest BCUT2D eigenvalue weighted by Gasteiger charge is 2.19. The number of carbonyl (C=O) groups is 1. The van der Waals surface area contributed by atoms with Crippen LogP contribution in [0.25, 0.3) is 5.69 Å². The Labute approximate surface area is 109 Å². The molecule has 0 radical (unpaired) electrons. The number of hydrogen-bond acceptors (Lipinski definition) is 2. The molecule has 1 N–H and O–H groups in total. The highest BCUT2D eigenvalue weighted by Crippen LogP contribution is 2.25. The first-order valence-corrected chi connectivity index (χ1v) is 6.25. The molecule has 1 aliphatic carbocycles. The standard InChI is InChI=1S/C14H13FN2O2/c15-9-5-6-12(10(7-9)14(18)19)17-8-16-11-3-1-2-4-13(11)17/h5-8H,1-4H2,(H,18,19). The lowest BCUT2D eigenvalue weighted by molar-refractivity contribution is 0.0696. The lowest BCUT2D eigenvalue weighted by Gasteiger charge is -2.15. The minimum Gasteiger partial charge on any atom is -0.478 e. The Bertz CT molecular complexity index is 649. The van der Waals surface area contributed by atoms with Crippen LogP contribution in [0, 0.1) is 5.82 Å². The number of fused-ring (bicyclic) bond motifs is 1. The normalized spacial score (nSPS) is 14.2. The van der Waals surface area contributed by atoms with Crippen LogP contribution in [0.3, 0.4) is 0 Å². The van der Waals surface area contributed by atoms with Crippen LogP contribution < -0.4 is 0 Å². The van der Waals surface area contributed by atoms with Gasteiger partial charge in [-0.25, -0.2) is 14.2 Å². The molecular weight excluding hydrogens is 247 g/mol. The molecule has 0 spiro atoms. The van der Waals surface area contributed by atoms with E-state index in [-0.39, 0.29) is 5.56 Å². The van der Waals surface area contributed by atoms with Gasteiger partial charge in [-0.05, 0) is 43.9 Å². The average Bonchev–Trinajstić information content (AvgIpc) is 2.82. The summed E-state index contributed by atoms with van der Waals surface area (Å²) in [4.78, 5) is 15.6. The van der Waals surface area contributed by atoms with E-state index >= 15 is 0 Å². The Kier molecular flexibility index (Phi) is 2.81. The molecule has 0 atom stereocenters. The lowest BCUT2D eigenvalue weighted by atomic mass is 10.0. The zero-order chi connectivity index (χ0) is 13.4. The van der Waals surface area contributed by atoms with Crippen LogP contribution in [0.15, 0.2) is 24.5 Å². The summed E-state index contributed by atoms with van der Waals surface area (Å²) in [5, 5.41) is 9.19. The smallest absolute Gasteiger partial charge is 0.337 e. The third-order valence-electron chi connectivity index (χ3n) is 3.48. The number of aromatic carboxylic acids is 1. The summed E-state index contributed by atoms with van der Waals surface area (Å²) in [5.41, 5.74) is 2.50. The average molecular weight is 260 g/mol. The van der Waals surface area contributed by atoms with E-state index in [0.29, 0.717) is 5.69 Å². The second-order valence-electron chi connectivity index (χ2n) is 4.68. The maximum absolute atomic E-state index is 13.2. The molecule has 0 fully saturated rings. The third-order valence-corrected chi connectivity index (χ3v) is 3.48. The van der Waals surface area contributed by atoms with Gasteiger partial charge in [0.05, 0.1) is 23.3 Å². The summed E-state index contributed by atoms with van der Waals surface area (Å²) in [7, 11) is 0. The molecule has 0 bridgehead atoms. The Morgan fingerprint density at radius 1 is 1.32 bits per heavy atom. The van der Waals surface area contributed by atoms with Crippen LogP contribution in [0.1, 0.15) is 34.6 Å². The second-order valence-corrected chi connectivity index (χ2v) is 4.68. The van der Waals surface area contributed by atoms with Gasteiger partial charge in [-0.3, -0.25) is 0 Å². The lowest BCUT2D eigenvalue weighted by Crippen LogP contribution is -2.10.